The smallest absolute Gasteiger partial charge is 0.410 e. The molecule has 0 saturated carbocycles. The minimum atomic E-state index is -0.458. The topological polar surface area (TPSA) is 58.6 Å². The first-order chi connectivity index (χ1) is 8.81. The lowest BCUT2D eigenvalue weighted by atomic mass is 9.98. The van der Waals surface area contributed by atoms with Gasteiger partial charge in [-0.3, -0.25) is 4.79 Å². The van der Waals surface area contributed by atoms with E-state index in [-0.39, 0.29) is 13.4 Å². The van der Waals surface area contributed by atoms with Crippen LogP contribution < -0.4 is 5.32 Å². The lowest BCUT2D eigenvalue weighted by Crippen LogP contribution is -2.45. The van der Waals surface area contributed by atoms with Crippen LogP contribution in [-0.4, -0.2) is 42.1 Å². The Morgan fingerprint density at radius 3 is 2.68 bits per heavy atom. The number of hydrogen-bond acceptors (Lipinski definition) is 3. The lowest BCUT2D eigenvalue weighted by Gasteiger charge is -2.34. The van der Waals surface area contributed by atoms with Gasteiger partial charge in [0.15, 0.2) is 0 Å². The van der Waals surface area contributed by atoms with E-state index in [1.807, 2.05) is 27.7 Å². The number of piperidine rings is 1. The highest BCUT2D eigenvalue weighted by Gasteiger charge is 2.27. The summed E-state index contributed by atoms with van der Waals surface area (Å²) in [6.45, 7) is 9.50. The average Bonchev–Trinajstić information content (AvgIpc) is 2.34. The number of nitrogens with zero attached hydrogens (tertiary/aromatic N) is 1. The van der Waals surface area contributed by atoms with Gasteiger partial charge in [-0.1, -0.05) is 6.92 Å². The number of rotatable bonds is 3. The minimum Gasteiger partial charge on any atom is -0.444 e. The van der Waals surface area contributed by atoms with Crippen molar-refractivity contribution in [3.8, 4) is 0 Å². The molecule has 1 rings (SSSR count). The van der Waals surface area contributed by atoms with Gasteiger partial charge in [0.05, 0.1) is 0 Å². The second-order valence-corrected chi connectivity index (χ2v) is 6.09. The highest BCUT2D eigenvalue weighted by molar-refractivity contribution is 5.75. The third kappa shape index (κ3) is 5.94. The van der Waals surface area contributed by atoms with Crippen molar-refractivity contribution in [2.24, 2.45) is 5.92 Å². The average molecular weight is 272 g/mol. The summed E-state index contributed by atoms with van der Waals surface area (Å²) in [5.74, 6) is 0.395. The molecule has 0 bridgehead atoms. The molecule has 19 heavy (non-hydrogen) atoms. The fraction of sp³-hybridized carbons (Fsp3) is 0.857. The molecule has 1 atom stereocenters. The molecule has 2 amide bonds. The van der Waals surface area contributed by atoms with E-state index < -0.39 is 5.60 Å². The third-order valence-electron chi connectivity index (χ3n) is 3.08. The van der Waals surface area contributed by atoms with E-state index in [0.29, 0.717) is 25.4 Å². The first-order valence-corrected chi connectivity index (χ1v) is 7.06. The van der Waals surface area contributed by atoms with Crippen molar-refractivity contribution in [1.82, 2.24) is 10.2 Å². The summed E-state index contributed by atoms with van der Waals surface area (Å²) >= 11 is 0. The van der Waals surface area contributed by atoms with Crippen molar-refractivity contribution in [2.45, 2.75) is 52.6 Å². The van der Waals surface area contributed by atoms with Crippen molar-refractivity contribution in [3.05, 3.63) is 0 Å². The Kier molecular flexibility index (Phi) is 5.63. The molecule has 1 heterocycles. The molecule has 0 spiro atoms. The van der Waals surface area contributed by atoms with Crippen LogP contribution in [0.2, 0.25) is 0 Å². The maximum atomic E-state index is 12.0. The van der Waals surface area contributed by atoms with Gasteiger partial charge < -0.3 is 15.0 Å². The Labute approximate surface area is 117 Å². The summed E-state index contributed by atoms with van der Waals surface area (Å²) < 4.78 is 5.37. The Morgan fingerprint density at radius 2 is 2.11 bits per heavy atom. The fourth-order valence-corrected chi connectivity index (χ4v) is 2.11. The Bertz CT molecular complexity index is 329. The first-order valence-electron chi connectivity index (χ1n) is 7.06. The zero-order valence-corrected chi connectivity index (χ0v) is 12.5. The number of ether oxygens (including phenoxy) is 1. The number of nitrogens with one attached hydrogen (secondary N) is 1. The molecule has 1 aliphatic heterocycles. The van der Waals surface area contributed by atoms with Crippen LogP contribution in [0.3, 0.4) is 0 Å². The number of hydrogen-bond donors (Lipinski definition) is 1. The molecule has 1 aliphatic rings. The van der Waals surface area contributed by atoms with Crippen LogP contribution in [-0.2, 0) is 9.53 Å². The molecular formula is C14H28N2O3. The molecule has 1 unspecified atom stereocenters. The van der Waals surface area contributed by atoms with Crippen LogP contribution in [0.1, 0.15) is 48.4 Å². The van der Waals surface area contributed by atoms with Gasteiger partial charge >= 0.3 is 6.09 Å². The van der Waals surface area contributed by atoms with E-state index in [9.17, 15) is 9.59 Å². The number of carbonyl (C=O) groups is 2. The molecule has 5 nitrogen and oxygen atoms in total. The quantitative estimate of drug-likeness (QED) is 0.858. The Hall–Kier alpha value is -1.26. The molecule has 0 aromatic carbocycles. The van der Waals surface area contributed by atoms with Crippen LogP contribution in [0.4, 0.5) is 4.79 Å². The third-order valence-corrected chi connectivity index (χ3v) is 3.08. The van der Waals surface area contributed by atoms with Gasteiger partial charge in [0.25, 0.3) is 0 Å². The molecule has 0 radical (unpaired) electrons. The molecule has 0 aliphatic carbocycles. The van der Waals surface area contributed by atoms with Crippen molar-refractivity contribution >= 4 is 12.0 Å². The van der Waals surface area contributed by atoms with E-state index in [0.717, 1.165) is 19.4 Å². The summed E-state index contributed by atoms with van der Waals surface area (Å²) in [6, 6.07) is 0. The van der Waals surface area contributed by atoms with Crippen LogP contribution >= 0.6 is 0 Å². The van der Waals surface area contributed by atoms with Crippen LogP contribution in [0, 0.1) is 5.92 Å². The van der Waals surface area contributed by atoms with Crippen molar-refractivity contribution in [3.63, 3.8) is 0 Å². The molecule has 0 aromatic rings. The zero-order chi connectivity index (χ0) is 14.5. The van der Waals surface area contributed by atoms with E-state index in [2.05, 4.69) is 5.32 Å². The van der Waals surface area contributed by atoms with Gasteiger partial charge in [0.2, 0.25) is 5.91 Å². The summed E-state index contributed by atoms with van der Waals surface area (Å²) in [5.41, 5.74) is -0.458. The molecule has 5 heteroatoms. The highest BCUT2D eigenvalue weighted by Crippen LogP contribution is 2.18. The summed E-state index contributed by atoms with van der Waals surface area (Å²) in [5, 5.41) is 2.89. The fourth-order valence-electron chi connectivity index (χ4n) is 2.11. The number of amides is 2. The normalized spacial score (nSPS) is 20.0. The van der Waals surface area contributed by atoms with E-state index in [1.54, 1.807) is 4.90 Å². The largest absolute Gasteiger partial charge is 0.444 e. The second-order valence-electron chi connectivity index (χ2n) is 6.09. The maximum absolute atomic E-state index is 12.0. The van der Waals surface area contributed by atoms with Crippen molar-refractivity contribution < 1.29 is 15.8 Å². The molecule has 0 aromatic heterocycles. The van der Waals surface area contributed by atoms with Crippen LogP contribution in [0.5, 0.6) is 0 Å². The molecule has 1 N–H and O–H groups in total. The van der Waals surface area contributed by atoms with Crippen molar-refractivity contribution in [1.29, 1.82) is 0 Å². The van der Waals surface area contributed by atoms with Gasteiger partial charge in [0.1, 0.15) is 5.60 Å². The van der Waals surface area contributed by atoms with E-state index >= 15 is 0 Å². The van der Waals surface area contributed by atoms with Crippen LogP contribution in [0.25, 0.3) is 0 Å². The summed E-state index contributed by atoms with van der Waals surface area (Å²) in [4.78, 5) is 25.0. The Morgan fingerprint density at radius 1 is 1.42 bits per heavy atom. The second kappa shape index (κ2) is 6.78. The highest BCUT2D eigenvalue weighted by atomic mass is 16.6. The van der Waals surface area contributed by atoms with Crippen molar-refractivity contribution in [2.75, 3.05) is 19.6 Å². The van der Waals surface area contributed by atoms with Gasteiger partial charge in [-0.15, -0.1) is 0 Å². The predicted molar refractivity (Wildman–Crippen MR) is 75.9 cm³/mol. The zero-order valence-electron chi connectivity index (χ0n) is 12.5. The summed E-state index contributed by atoms with van der Waals surface area (Å²) in [7, 11) is 0. The number of carbonyl (C=O) groups excluding carboxylic acids is 2. The molecule has 1 fully saturated rings. The van der Waals surface area contributed by atoms with Gasteiger partial charge in [-0.05, 0) is 39.5 Å². The molecule has 1 saturated heterocycles. The molecular weight excluding hydrogens is 244 g/mol. The van der Waals surface area contributed by atoms with Crippen LogP contribution in [0.15, 0.2) is 0 Å². The van der Waals surface area contributed by atoms with Gasteiger partial charge in [0, 0.05) is 27.5 Å². The minimum absolute atomic E-state index is 0. The Balaban J connectivity index is 0.00000361. The molecule has 112 valence electrons. The van der Waals surface area contributed by atoms with Gasteiger partial charge in [-0.25, -0.2) is 4.79 Å². The monoisotopic (exact) mass is 272 g/mol. The summed E-state index contributed by atoms with van der Waals surface area (Å²) in [6.07, 6.45) is 2.26. The maximum Gasteiger partial charge on any atom is 0.410 e. The predicted octanol–water partition coefficient (Wildman–Crippen LogP) is 2.41. The SMILES string of the molecule is CCC(=O)NCC1CCCN(C(=O)OC(C)(C)C)C1.[HH]. The van der Waals surface area contributed by atoms with Gasteiger partial charge in [-0.2, -0.15) is 0 Å². The van der Waals surface area contributed by atoms with E-state index in [1.165, 1.54) is 0 Å². The first kappa shape index (κ1) is 15.8. The lowest BCUT2D eigenvalue weighted by molar-refractivity contribution is -0.121. The number of likely N-dealkylation sites (tertiary alicyclic amines) is 1. The standard InChI is InChI=1S/C14H26N2O3.H2/c1-5-12(17)15-9-11-7-6-8-16(10-11)13(18)19-14(2,3)4;/h11H,5-10H2,1-4H3,(H,15,17);1H. The van der Waals surface area contributed by atoms with E-state index in [4.69, 9.17) is 4.74 Å².